The van der Waals surface area contributed by atoms with Gasteiger partial charge in [-0.3, -0.25) is 9.52 Å². The minimum absolute atomic E-state index is 0.0737. The maximum absolute atomic E-state index is 11.0. The average Bonchev–Trinajstić information content (AvgIpc) is 2.37. The van der Waals surface area contributed by atoms with Gasteiger partial charge in [0.2, 0.25) is 0 Å². The van der Waals surface area contributed by atoms with Crippen LogP contribution in [0, 0.1) is 5.92 Å². The summed E-state index contributed by atoms with van der Waals surface area (Å²) in [6.45, 7) is 0. The second-order valence-corrected chi connectivity index (χ2v) is 6.57. The van der Waals surface area contributed by atoms with Crippen molar-refractivity contribution in [3.05, 3.63) is 24.3 Å². The first-order valence-electron chi connectivity index (χ1n) is 6.73. The summed E-state index contributed by atoms with van der Waals surface area (Å²) in [5.74, 6) is -1.08. The van der Waals surface area contributed by atoms with E-state index in [2.05, 4.69) is 10.0 Å². The summed E-state index contributed by atoms with van der Waals surface area (Å²) in [4.78, 5) is 11.0. The van der Waals surface area contributed by atoms with Crippen LogP contribution in [0.3, 0.4) is 0 Å². The van der Waals surface area contributed by atoms with Crippen LogP contribution in [0.4, 0.5) is 11.4 Å². The van der Waals surface area contributed by atoms with Gasteiger partial charge >= 0.3 is 5.97 Å². The monoisotopic (exact) mass is 313 g/mol. The van der Waals surface area contributed by atoms with E-state index in [4.69, 9.17) is 10.2 Å². The Labute approximate surface area is 123 Å². The molecule has 0 radical (unpaired) electrons. The predicted molar refractivity (Wildman–Crippen MR) is 80.2 cm³/mol. The number of aliphatic carboxylic acids is 1. The molecule has 0 saturated heterocycles. The van der Waals surface area contributed by atoms with E-state index in [-0.39, 0.29) is 12.0 Å². The Morgan fingerprint density at radius 1 is 1.29 bits per heavy atom. The number of hydrogen-bond acceptors (Lipinski definition) is 4. The minimum atomic E-state index is -3.80. The van der Waals surface area contributed by atoms with E-state index in [1.807, 2.05) is 0 Å². The van der Waals surface area contributed by atoms with E-state index < -0.39 is 16.2 Å². The SMILES string of the molecule is NS(=O)(=O)Nc1cccc(NC2CCCC(C(=O)O)C2)c1. The highest BCUT2D eigenvalue weighted by Crippen LogP contribution is 2.27. The van der Waals surface area contributed by atoms with Gasteiger partial charge in [-0.2, -0.15) is 8.42 Å². The van der Waals surface area contributed by atoms with Gasteiger partial charge in [-0.05, 0) is 37.5 Å². The second-order valence-electron chi connectivity index (χ2n) is 5.27. The number of nitrogens with two attached hydrogens (primary N) is 1. The fourth-order valence-electron chi connectivity index (χ4n) is 2.62. The Kier molecular flexibility index (Phi) is 4.69. The Bertz CT molecular complexity index is 618. The van der Waals surface area contributed by atoms with Crippen LogP contribution in [-0.4, -0.2) is 25.5 Å². The zero-order chi connectivity index (χ0) is 15.5. The molecule has 2 rings (SSSR count). The van der Waals surface area contributed by atoms with Crippen molar-refractivity contribution in [1.82, 2.24) is 0 Å². The molecule has 0 heterocycles. The third-order valence-corrected chi connectivity index (χ3v) is 4.04. The van der Waals surface area contributed by atoms with Crippen molar-refractivity contribution in [3.8, 4) is 0 Å². The Morgan fingerprint density at radius 2 is 2.00 bits per heavy atom. The van der Waals surface area contributed by atoms with Gasteiger partial charge in [-0.25, -0.2) is 5.14 Å². The number of carbonyl (C=O) groups is 1. The van der Waals surface area contributed by atoms with Crippen LogP contribution in [0.25, 0.3) is 0 Å². The summed E-state index contributed by atoms with van der Waals surface area (Å²) < 4.78 is 24.2. The molecule has 1 saturated carbocycles. The molecule has 1 aromatic rings. The van der Waals surface area contributed by atoms with Gasteiger partial charge in [0.1, 0.15) is 0 Å². The normalized spacial score (nSPS) is 22.5. The standard InChI is InChI=1S/C13H19N3O4S/c14-21(19,20)16-12-6-2-5-11(8-12)15-10-4-1-3-9(7-10)13(17)18/h2,5-6,8-10,15-16H,1,3-4,7H2,(H,17,18)(H2,14,19,20). The van der Waals surface area contributed by atoms with Crippen LogP contribution in [0.2, 0.25) is 0 Å². The first-order chi connectivity index (χ1) is 9.83. The van der Waals surface area contributed by atoms with Gasteiger partial charge in [0, 0.05) is 11.7 Å². The van der Waals surface area contributed by atoms with Crippen molar-refractivity contribution < 1.29 is 18.3 Å². The van der Waals surface area contributed by atoms with Crippen LogP contribution in [-0.2, 0) is 15.0 Å². The molecule has 7 nitrogen and oxygen atoms in total. The molecule has 0 aromatic heterocycles. The van der Waals surface area contributed by atoms with Crippen molar-refractivity contribution in [2.24, 2.45) is 11.1 Å². The first kappa shape index (κ1) is 15.6. The highest BCUT2D eigenvalue weighted by molar-refractivity contribution is 7.90. The minimum Gasteiger partial charge on any atom is -0.481 e. The fourth-order valence-corrected chi connectivity index (χ4v) is 3.07. The van der Waals surface area contributed by atoms with E-state index in [0.717, 1.165) is 18.5 Å². The van der Waals surface area contributed by atoms with Gasteiger partial charge in [-0.1, -0.05) is 12.5 Å². The quantitative estimate of drug-likeness (QED) is 0.654. The molecule has 5 N–H and O–H groups in total. The Hall–Kier alpha value is -1.80. The van der Waals surface area contributed by atoms with E-state index in [1.165, 1.54) is 0 Å². The smallest absolute Gasteiger partial charge is 0.306 e. The maximum atomic E-state index is 11.0. The third kappa shape index (κ3) is 4.91. The van der Waals surface area contributed by atoms with Gasteiger partial charge in [0.05, 0.1) is 11.6 Å². The van der Waals surface area contributed by atoms with Gasteiger partial charge in [0.25, 0.3) is 10.2 Å². The highest BCUT2D eigenvalue weighted by Gasteiger charge is 2.26. The van der Waals surface area contributed by atoms with E-state index >= 15 is 0 Å². The molecular formula is C13H19N3O4S. The lowest BCUT2D eigenvalue weighted by Gasteiger charge is -2.28. The summed E-state index contributed by atoms with van der Waals surface area (Å²) >= 11 is 0. The molecule has 1 aliphatic carbocycles. The number of rotatable bonds is 5. The second kappa shape index (κ2) is 6.31. The molecule has 0 bridgehead atoms. The molecule has 2 atom stereocenters. The van der Waals surface area contributed by atoms with Crippen LogP contribution in [0.5, 0.6) is 0 Å². The van der Waals surface area contributed by atoms with Crippen LogP contribution in [0.1, 0.15) is 25.7 Å². The fraction of sp³-hybridized carbons (Fsp3) is 0.462. The summed E-state index contributed by atoms with van der Waals surface area (Å²) in [5.41, 5.74) is 1.10. The number of anilines is 2. The molecule has 0 amide bonds. The van der Waals surface area contributed by atoms with Crippen LogP contribution < -0.4 is 15.2 Å². The third-order valence-electron chi connectivity index (χ3n) is 3.52. The van der Waals surface area contributed by atoms with E-state index in [1.54, 1.807) is 24.3 Å². The zero-order valence-electron chi connectivity index (χ0n) is 11.5. The summed E-state index contributed by atoms with van der Waals surface area (Å²) in [5, 5.41) is 17.3. The lowest BCUT2D eigenvalue weighted by molar-refractivity contribution is -0.142. The molecule has 1 fully saturated rings. The number of benzene rings is 1. The van der Waals surface area contributed by atoms with Crippen LogP contribution >= 0.6 is 0 Å². The lowest BCUT2D eigenvalue weighted by atomic mass is 9.85. The number of hydrogen-bond donors (Lipinski definition) is 4. The zero-order valence-corrected chi connectivity index (χ0v) is 12.3. The summed E-state index contributed by atoms with van der Waals surface area (Å²) in [7, 11) is -3.80. The number of carboxylic acid groups (broad SMARTS) is 1. The first-order valence-corrected chi connectivity index (χ1v) is 8.28. The summed E-state index contributed by atoms with van der Waals surface area (Å²) in [6.07, 6.45) is 3.04. The van der Waals surface area contributed by atoms with Crippen molar-refractivity contribution >= 4 is 27.6 Å². The molecular weight excluding hydrogens is 294 g/mol. The predicted octanol–water partition coefficient (Wildman–Crippen LogP) is 1.36. The van der Waals surface area contributed by atoms with Gasteiger partial charge in [0.15, 0.2) is 0 Å². The van der Waals surface area contributed by atoms with Crippen molar-refractivity contribution in [3.63, 3.8) is 0 Å². The average molecular weight is 313 g/mol. The molecule has 116 valence electrons. The Balaban J connectivity index is 2.02. The highest BCUT2D eigenvalue weighted by atomic mass is 32.2. The van der Waals surface area contributed by atoms with Crippen molar-refractivity contribution in [2.45, 2.75) is 31.7 Å². The van der Waals surface area contributed by atoms with Crippen LogP contribution in [0.15, 0.2) is 24.3 Å². The van der Waals surface area contributed by atoms with E-state index in [9.17, 15) is 13.2 Å². The summed E-state index contributed by atoms with van der Waals surface area (Å²) in [6, 6.07) is 6.81. The molecule has 2 unspecified atom stereocenters. The molecule has 1 aliphatic rings. The van der Waals surface area contributed by atoms with Crippen molar-refractivity contribution in [2.75, 3.05) is 10.0 Å². The van der Waals surface area contributed by atoms with Crippen molar-refractivity contribution in [1.29, 1.82) is 0 Å². The molecule has 0 spiro atoms. The molecule has 21 heavy (non-hydrogen) atoms. The Morgan fingerprint density at radius 3 is 2.67 bits per heavy atom. The molecule has 1 aromatic carbocycles. The molecule has 0 aliphatic heterocycles. The lowest BCUT2D eigenvalue weighted by Crippen LogP contribution is -2.31. The van der Waals surface area contributed by atoms with Gasteiger partial charge in [-0.15, -0.1) is 0 Å². The van der Waals surface area contributed by atoms with Gasteiger partial charge < -0.3 is 10.4 Å². The molecule has 8 heteroatoms. The topological polar surface area (TPSA) is 122 Å². The largest absolute Gasteiger partial charge is 0.481 e. The number of nitrogens with one attached hydrogen (secondary N) is 2. The van der Waals surface area contributed by atoms with E-state index in [0.29, 0.717) is 18.5 Å². The maximum Gasteiger partial charge on any atom is 0.306 e. The number of carboxylic acids is 1.